The van der Waals surface area contributed by atoms with Crippen LogP contribution in [0.4, 0.5) is 10.6 Å². The van der Waals surface area contributed by atoms with Crippen LogP contribution in [-0.4, -0.2) is 29.8 Å². The number of nitrogens with two attached hydrogens (primary N) is 1. The summed E-state index contributed by atoms with van der Waals surface area (Å²) < 4.78 is 5.55. The SMILES string of the molecule is CC(NC(=O)NC(N)=Nc1ccccn1)OCCc1ccccc1. The maximum Gasteiger partial charge on any atom is 0.323 e. The highest BCUT2D eigenvalue weighted by Gasteiger charge is 2.08. The third kappa shape index (κ3) is 6.45. The van der Waals surface area contributed by atoms with Gasteiger partial charge in [0.2, 0.25) is 5.96 Å². The molecule has 126 valence electrons. The van der Waals surface area contributed by atoms with E-state index >= 15 is 0 Å². The van der Waals surface area contributed by atoms with Crippen LogP contribution in [0.2, 0.25) is 0 Å². The van der Waals surface area contributed by atoms with Gasteiger partial charge in [-0.3, -0.25) is 5.32 Å². The molecule has 1 aromatic carbocycles. The summed E-state index contributed by atoms with van der Waals surface area (Å²) >= 11 is 0. The van der Waals surface area contributed by atoms with Crippen LogP contribution in [0.5, 0.6) is 0 Å². The van der Waals surface area contributed by atoms with Crippen LogP contribution in [0.3, 0.4) is 0 Å². The second kappa shape index (κ2) is 9.26. The molecule has 1 atom stereocenters. The first-order valence-electron chi connectivity index (χ1n) is 7.62. The number of benzene rings is 1. The molecule has 0 fully saturated rings. The zero-order valence-electron chi connectivity index (χ0n) is 13.5. The summed E-state index contributed by atoms with van der Waals surface area (Å²) in [7, 11) is 0. The first-order valence-corrected chi connectivity index (χ1v) is 7.62. The first-order chi connectivity index (χ1) is 11.6. The Hall–Kier alpha value is -2.93. The van der Waals surface area contributed by atoms with E-state index in [0.717, 1.165) is 6.42 Å². The topological polar surface area (TPSA) is 102 Å². The Balaban J connectivity index is 1.70. The number of rotatable bonds is 6. The quantitative estimate of drug-likeness (QED) is 0.428. The summed E-state index contributed by atoms with van der Waals surface area (Å²) in [6, 6.07) is 14.7. The van der Waals surface area contributed by atoms with Gasteiger partial charge in [-0.15, -0.1) is 0 Å². The number of nitrogens with one attached hydrogen (secondary N) is 2. The molecule has 7 heteroatoms. The summed E-state index contributed by atoms with van der Waals surface area (Å²) in [6.45, 7) is 2.25. The van der Waals surface area contributed by atoms with Gasteiger partial charge in [-0.05, 0) is 31.0 Å². The zero-order valence-corrected chi connectivity index (χ0v) is 13.5. The molecule has 0 saturated heterocycles. The maximum atomic E-state index is 11.8. The van der Waals surface area contributed by atoms with E-state index < -0.39 is 12.3 Å². The average molecular weight is 327 g/mol. The second-order valence-corrected chi connectivity index (χ2v) is 5.03. The summed E-state index contributed by atoms with van der Waals surface area (Å²) in [5.41, 5.74) is 6.84. The number of pyridine rings is 1. The lowest BCUT2D eigenvalue weighted by Crippen LogP contribution is -2.47. The number of guanidine groups is 1. The van der Waals surface area contributed by atoms with Crippen molar-refractivity contribution in [3.05, 3.63) is 60.3 Å². The predicted octanol–water partition coefficient (Wildman–Crippen LogP) is 1.93. The lowest BCUT2D eigenvalue weighted by Gasteiger charge is -2.15. The number of hydrogen-bond acceptors (Lipinski definition) is 4. The molecule has 0 saturated carbocycles. The number of amides is 2. The van der Waals surface area contributed by atoms with Crippen molar-refractivity contribution < 1.29 is 9.53 Å². The molecule has 2 aromatic rings. The van der Waals surface area contributed by atoms with Crippen LogP contribution in [0.15, 0.2) is 59.7 Å². The molecular weight excluding hydrogens is 306 g/mol. The van der Waals surface area contributed by atoms with Crippen molar-refractivity contribution in [1.29, 1.82) is 0 Å². The molecule has 4 N–H and O–H groups in total. The van der Waals surface area contributed by atoms with Crippen molar-refractivity contribution in [2.75, 3.05) is 6.61 Å². The Bertz CT molecular complexity index is 661. The van der Waals surface area contributed by atoms with E-state index in [2.05, 4.69) is 20.6 Å². The van der Waals surface area contributed by atoms with Crippen molar-refractivity contribution in [2.45, 2.75) is 19.6 Å². The molecule has 2 rings (SSSR count). The number of urea groups is 1. The number of nitrogens with zero attached hydrogens (tertiary/aromatic N) is 2. The minimum absolute atomic E-state index is 0.0392. The molecule has 0 aliphatic rings. The number of carbonyl (C=O) groups excluding carboxylic acids is 1. The molecule has 0 spiro atoms. The smallest absolute Gasteiger partial charge is 0.323 e. The number of aliphatic imine (C=N–C) groups is 1. The predicted molar refractivity (Wildman–Crippen MR) is 92.7 cm³/mol. The molecule has 0 bridgehead atoms. The van der Waals surface area contributed by atoms with Crippen molar-refractivity contribution in [3.8, 4) is 0 Å². The highest BCUT2D eigenvalue weighted by Crippen LogP contribution is 2.03. The van der Waals surface area contributed by atoms with Gasteiger partial charge < -0.3 is 15.8 Å². The third-order valence-electron chi connectivity index (χ3n) is 3.06. The zero-order chi connectivity index (χ0) is 17.2. The van der Waals surface area contributed by atoms with Gasteiger partial charge in [0.15, 0.2) is 5.82 Å². The highest BCUT2D eigenvalue weighted by molar-refractivity contribution is 5.96. The minimum Gasteiger partial charge on any atom is -0.369 e. The second-order valence-electron chi connectivity index (χ2n) is 5.03. The molecule has 1 heterocycles. The highest BCUT2D eigenvalue weighted by atomic mass is 16.5. The van der Waals surface area contributed by atoms with E-state index in [1.807, 2.05) is 30.3 Å². The van der Waals surface area contributed by atoms with Crippen molar-refractivity contribution in [3.63, 3.8) is 0 Å². The van der Waals surface area contributed by atoms with Crippen LogP contribution in [0, 0.1) is 0 Å². The third-order valence-corrected chi connectivity index (χ3v) is 3.06. The Kier molecular flexibility index (Phi) is 6.73. The standard InChI is InChI=1S/C17H21N5O2/c1-13(24-12-10-14-7-3-2-4-8-14)20-17(23)22-16(18)21-15-9-5-6-11-19-15/h2-9,11,13H,10,12H2,1H3,(H4,18,19,20,21,22,23). The van der Waals surface area contributed by atoms with E-state index in [-0.39, 0.29) is 5.96 Å². The normalized spacial score (nSPS) is 12.5. The molecule has 7 nitrogen and oxygen atoms in total. The summed E-state index contributed by atoms with van der Waals surface area (Å²) in [4.78, 5) is 19.8. The van der Waals surface area contributed by atoms with Crippen molar-refractivity contribution in [1.82, 2.24) is 15.6 Å². The van der Waals surface area contributed by atoms with E-state index in [1.165, 1.54) is 5.56 Å². The Labute approximate surface area is 141 Å². The van der Waals surface area contributed by atoms with Gasteiger partial charge in [-0.1, -0.05) is 36.4 Å². The van der Waals surface area contributed by atoms with Gasteiger partial charge in [0, 0.05) is 6.20 Å². The Morgan fingerprint density at radius 3 is 2.71 bits per heavy atom. The largest absolute Gasteiger partial charge is 0.369 e. The number of ether oxygens (including phenoxy) is 1. The minimum atomic E-state index is -0.487. The van der Waals surface area contributed by atoms with Crippen molar-refractivity contribution >= 4 is 17.8 Å². The molecule has 0 aliphatic carbocycles. The van der Waals surface area contributed by atoms with Gasteiger partial charge in [0.1, 0.15) is 6.23 Å². The molecule has 1 unspecified atom stereocenters. The lowest BCUT2D eigenvalue weighted by atomic mass is 10.2. The summed E-state index contributed by atoms with van der Waals surface area (Å²) in [5, 5.41) is 5.05. The van der Waals surface area contributed by atoms with Gasteiger partial charge in [-0.25, -0.2) is 9.78 Å². The van der Waals surface area contributed by atoms with E-state index in [9.17, 15) is 4.79 Å². The number of hydrogen-bond donors (Lipinski definition) is 3. The van der Waals surface area contributed by atoms with E-state index in [1.54, 1.807) is 31.3 Å². The van der Waals surface area contributed by atoms with Crippen LogP contribution in [0.25, 0.3) is 0 Å². The molecule has 1 aromatic heterocycles. The van der Waals surface area contributed by atoms with E-state index in [4.69, 9.17) is 10.5 Å². The molecule has 0 aliphatic heterocycles. The van der Waals surface area contributed by atoms with E-state index in [0.29, 0.717) is 12.4 Å². The van der Waals surface area contributed by atoms with Gasteiger partial charge in [0.05, 0.1) is 6.61 Å². The lowest BCUT2D eigenvalue weighted by molar-refractivity contribution is 0.0525. The van der Waals surface area contributed by atoms with Gasteiger partial charge >= 0.3 is 6.03 Å². The summed E-state index contributed by atoms with van der Waals surface area (Å²) in [5.74, 6) is 0.380. The fraction of sp³-hybridized carbons (Fsp3) is 0.235. The molecule has 0 radical (unpaired) electrons. The molecular formula is C17H21N5O2. The number of aromatic nitrogens is 1. The van der Waals surface area contributed by atoms with Crippen LogP contribution in [0.1, 0.15) is 12.5 Å². The fourth-order valence-corrected chi connectivity index (χ4v) is 1.95. The first kappa shape index (κ1) is 17.4. The molecule has 24 heavy (non-hydrogen) atoms. The van der Waals surface area contributed by atoms with Crippen LogP contribution >= 0.6 is 0 Å². The van der Waals surface area contributed by atoms with Crippen LogP contribution < -0.4 is 16.4 Å². The monoisotopic (exact) mass is 327 g/mol. The average Bonchev–Trinajstić information content (AvgIpc) is 2.56. The Morgan fingerprint density at radius 2 is 2.00 bits per heavy atom. The van der Waals surface area contributed by atoms with Crippen molar-refractivity contribution in [2.24, 2.45) is 10.7 Å². The molecule has 2 amide bonds. The van der Waals surface area contributed by atoms with Crippen LogP contribution in [-0.2, 0) is 11.2 Å². The van der Waals surface area contributed by atoms with Gasteiger partial charge in [0.25, 0.3) is 0 Å². The fourth-order valence-electron chi connectivity index (χ4n) is 1.95. The van der Waals surface area contributed by atoms with Gasteiger partial charge in [-0.2, -0.15) is 4.99 Å². The number of carbonyl (C=O) groups is 1. The maximum absolute atomic E-state index is 11.8. The Morgan fingerprint density at radius 1 is 1.25 bits per heavy atom. The summed E-state index contributed by atoms with van der Waals surface area (Å²) in [6.07, 6.45) is 1.92.